The molecule has 7 heteroatoms. The van der Waals surface area contributed by atoms with Gasteiger partial charge in [0.2, 0.25) is 0 Å². The van der Waals surface area contributed by atoms with Crippen LogP contribution in [0.2, 0.25) is 0 Å². The molecule has 0 aliphatic carbocycles. The van der Waals surface area contributed by atoms with Crippen LogP contribution < -0.4 is 5.32 Å². The normalized spacial score (nSPS) is 22.4. The average Bonchev–Trinajstić information content (AvgIpc) is 3.24. The van der Waals surface area contributed by atoms with Gasteiger partial charge >= 0.3 is 0 Å². The van der Waals surface area contributed by atoms with Crippen LogP contribution in [0.3, 0.4) is 0 Å². The Kier molecular flexibility index (Phi) is 11.3. The number of halogens is 1. The van der Waals surface area contributed by atoms with Crippen molar-refractivity contribution in [3.8, 4) is 0 Å². The number of nitrogens with zero attached hydrogens (tertiary/aromatic N) is 2. The molecule has 164 valence electrons. The number of guanidine groups is 1. The van der Waals surface area contributed by atoms with Crippen molar-refractivity contribution in [2.45, 2.75) is 45.3 Å². The van der Waals surface area contributed by atoms with Crippen LogP contribution in [0.25, 0.3) is 0 Å². The number of ether oxygens (including phenoxy) is 3. The van der Waals surface area contributed by atoms with Crippen molar-refractivity contribution in [3.05, 3.63) is 35.4 Å². The van der Waals surface area contributed by atoms with Crippen molar-refractivity contribution in [1.82, 2.24) is 10.2 Å². The van der Waals surface area contributed by atoms with Gasteiger partial charge in [-0.3, -0.25) is 4.99 Å². The lowest BCUT2D eigenvalue weighted by Gasteiger charge is -2.35. The fourth-order valence-electron chi connectivity index (χ4n) is 3.75. The van der Waals surface area contributed by atoms with E-state index in [9.17, 15) is 0 Å². The SMILES string of the molecule is CCNC(=NCCCOCC1CCCO1)N1CCOC(c2ccccc2C)C1.I. The maximum absolute atomic E-state index is 6.05. The number of benzene rings is 1. The van der Waals surface area contributed by atoms with E-state index in [0.29, 0.717) is 19.3 Å². The highest BCUT2D eigenvalue weighted by atomic mass is 127. The molecule has 29 heavy (non-hydrogen) atoms. The molecule has 0 spiro atoms. The van der Waals surface area contributed by atoms with Crippen LogP contribution in [0.15, 0.2) is 29.3 Å². The third-order valence-corrected chi connectivity index (χ3v) is 5.27. The minimum absolute atomic E-state index is 0. The highest BCUT2D eigenvalue weighted by Crippen LogP contribution is 2.25. The average molecular weight is 517 g/mol. The quantitative estimate of drug-likeness (QED) is 0.248. The van der Waals surface area contributed by atoms with Crippen LogP contribution in [0.4, 0.5) is 0 Å². The molecular formula is C22H36IN3O3. The van der Waals surface area contributed by atoms with E-state index in [1.54, 1.807) is 0 Å². The van der Waals surface area contributed by atoms with Gasteiger partial charge in [-0.05, 0) is 44.2 Å². The first-order chi connectivity index (χ1) is 13.8. The van der Waals surface area contributed by atoms with E-state index in [4.69, 9.17) is 19.2 Å². The molecule has 0 radical (unpaired) electrons. The molecule has 0 amide bonds. The van der Waals surface area contributed by atoms with E-state index < -0.39 is 0 Å². The van der Waals surface area contributed by atoms with E-state index in [1.807, 2.05) is 0 Å². The second-order valence-corrected chi connectivity index (χ2v) is 7.46. The van der Waals surface area contributed by atoms with Crippen molar-refractivity contribution >= 4 is 29.9 Å². The van der Waals surface area contributed by atoms with Gasteiger partial charge in [0.1, 0.15) is 6.10 Å². The third-order valence-electron chi connectivity index (χ3n) is 5.27. The topological polar surface area (TPSA) is 55.3 Å². The molecular weight excluding hydrogens is 481 g/mol. The first-order valence-electron chi connectivity index (χ1n) is 10.7. The van der Waals surface area contributed by atoms with E-state index in [-0.39, 0.29) is 30.1 Å². The molecule has 1 aromatic carbocycles. The Morgan fingerprint density at radius 2 is 2.14 bits per heavy atom. The predicted octanol–water partition coefficient (Wildman–Crippen LogP) is 3.54. The zero-order chi connectivity index (χ0) is 19.6. The summed E-state index contributed by atoms with van der Waals surface area (Å²) in [4.78, 5) is 7.14. The molecule has 2 aliphatic heterocycles. The molecule has 2 unspecified atom stereocenters. The van der Waals surface area contributed by atoms with Gasteiger partial charge in [0.25, 0.3) is 0 Å². The second-order valence-electron chi connectivity index (χ2n) is 7.46. The molecule has 0 bridgehead atoms. The van der Waals surface area contributed by atoms with Gasteiger partial charge in [-0.1, -0.05) is 24.3 Å². The molecule has 2 fully saturated rings. The van der Waals surface area contributed by atoms with Crippen LogP contribution in [0.5, 0.6) is 0 Å². The molecule has 1 aromatic rings. The first-order valence-corrected chi connectivity index (χ1v) is 10.7. The predicted molar refractivity (Wildman–Crippen MR) is 127 cm³/mol. The Labute approximate surface area is 192 Å². The Morgan fingerprint density at radius 1 is 1.28 bits per heavy atom. The number of morpholine rings is 1. The first kappa shape index (κ1) is 24.4. The standard InChI is InChI=1S/C22H35N3O3.HI/c1-3-23-22(24-11-7-13-26-17-19-9-6-14-27-19)25-12-15-28-21(16-25)20-10-5-4-8-18(20)2;/h4-5,8,10,19,21H,3,6-7,9,11-17H2,1-2H3,(H,23,24);1H. The number of hydrogen-bond donors (Lipinski definition) is 1. The van der Waals surface area contributed by atoms with Gasteiger partial charge in [0.05, 0.1) is 25.9 Å². The summed E-state index contributed by atoms with van der Waals surface area (Å²) in [5.74, 6) is 0.975. The summed E-state index contributed by atoms with van der Waals surface area (Å²) in [7, 11) is 0. The number of nitrogens with one attached hydrogen (secondary N) is 1. The smallest absolute Gasteiger partial charge is 0.194 e. The number of aliphatic imine (C=N–C) groups is 1. The van der Waals surface area contributed by atoms with E-state index >= 15 is 0 Å². The second kappa shape index (κ2) is 13.4. The zero-order valence-electron chi connectivity index (χ0n) is 17.8. The fourth-order valence-corrected chi connectivity index (χ4v) is 3.75. The minimum atomic E-state index is 0. The third kappa shape index (κ3) is 7.70. The van der Waals surface area contributed by atoms with Crippen LogP contribution in [0, 0.1) is 6.92 Å². The molecule has 0 saturated carbocycles. The molecule has 3 rings (SSSR count). The van der Waals surface area contributed by atoms with Crippen molar-refractivity contribution in [2.75, 3.05) is 52.6 Å². The molecule has 0 aromatic heterocycles. The Morgan fingerprint density at radius 3 is 2.90 bits per heavy atom. The lowest BCUT2D eigenvalue weighted by atomic mass is 10.0. The number of aryl methyl sites for hydroxylation is 1. The maximum atomic E-state index is 6.05. The highest BCUT2D eigenvalue weighted by Gasteiger charge is 2.25. The Balaban J connectivity index is 0.00000300. The van der Waals surface area contributed by atoms with E-state index in [2.05, 4.69) is 48.3 Å². The van der Waals surface area contributed by atoms with Crippen LogP contribution >= 0.6 is 24.0 Å². The number of hydrogen-bond acceptors (Lipinski definition) is 4. The molecule has 1 N–H and O–H groups in total. The van der Waals surface area contributed by atoms with Crippen molar-refractivity contribution in [3.63, 3.8) is 0 Å². The summed E-state index contributed by atoms with van der Waals surface area (Å²) in [5, 5.41) is 3.43. The summed E-state index contributed by atoms with van der Waals surface area (Å²) >= 11 is 0. The minimum Gasteiger partial charge on any atom is -0.379 e. The fraction of sp³-hybridized carbons (Fsp3) is 0.682. The molecule has 6 nitrogen and oxygen atoms in total. The van der Waals surface area contributed by atoms with E-state index in [0.717, 1.165) is 64.6 Å². The van der Waals surface area contributed by atoms with Gasteiger partial charge in [-0.15, -0.1) is 24.0 Å². The molecule has 2 atom stereocenters. The summed E-state index contributed by atoms with van der Waals surface area (Å²) in [6.07, 6.45) is 3.60. The van der Waals surface area contributed by atoms with Crippen molar-refractivity contribution in [2.24, 2.45) is 4.99 Å². The van der Waals surface area contributed by atoms with E-state index in [1.165, 1.54) is 11.1 Å². The van der Waals surface area contributed by atoms with Crippen molar-refractivity contribution < 1.29 is 14.2 Å². The Bertz CT molecular complexity index is 623. The monoisotopic (exact) mass is 517 g/mol. The lowest BCUT2D eigenvalue weighted by molar-refractivity contribution is -0.00836. The maximum Gasteiger partial charge on any atom is 0.194 e. The van der Waals surface area contributed by atoms with Gasteiger partial charge in [0, 0.05) is 32.8 Å². The van der Waals surface area contributed by atoms with Gasteiger partial charge in [0.15, 0.2) is 5.96 Å². The molecule has 2 saturated heterocycles. The number of rotatable bonds is 8. The largest absolute Gasteiger partial charge is 0.379 e. The van der Waals surface area contributed by atoms with Crippen molar-refractivity contribution in [1.29, 1.82) is 0 Å². The summed E-state index contributed by atoms with van der Waals surface area (Å²) in [6.45, 7) is 10.6. The summed E-state index contributed by atoms with van der Waals surface area (Å²) in [6, 6.07) is 8.47. The molecule has 2 aliphatic rings. The zero-order valence-corrected chi connectivity index (χ0v) is 20.1. The molecule has 2 heterocycles. The highest BCUT2D eigenvalue weighted by molar-refractivity contribution is 14.0. The van der Waals surface area contributed by atoms with Crippen LogP contribution in [-0.4, -0.2) is 69.6 Å². The summed E-state index contributed by atoms with van der Waals surface area (Å²) < 4.78 is 17.4. The van der Waals surface area contributed by atoms with Gasteiger partial charge < -0.3 is 24.4 Å². The Hall–Kier alpha value is -0.900. The van der Waals surface area contributed by atoms with Crippen LogP contribution in [-0.2, 0) is 14.2 Å². The van der Waals surface area contributed by atoms with Crippen LogP contribution in [0.1, 0.15) is 43.4 Å². The summed E-state index contributed by atoms with van der Waals surface area (Å²) in [5.41, 5.74) is 2.55. The van der Waals surface area contributed by atoms with Gasteiger partial charge in [-0.25, -0.2) is 0 Å². The van der Waals surface area contributed by atoms with Gasteiger partial charge in [-0.2, -0.15) is 0 Å². The lowest BCUT2D eigenvalue weighted by Crippen LogP contribution is -2.48.